The molecule has 18 heavy (non-hydrogen) atoms. The highest BCUT2D eigenvalue weighted by Gasteiger charge is 2.24. The maximum Gasteiger partial charge on any atom is 0.126 e. The smallest absolute Gasteiger partial charge is 0.126 e. The molecule has 1 aromatic carbocycles. The molecule has 1 saturated carbocycles. The van der Waals surface area contributed by atoms with Crippen LogP contribution in [0.25, 0.3) is 0 Å². The fourth-order valence-electron chi connectivity index (χ4n) is 2.72. The first kappa shape index (κ1) is 13.5. The van der Waals surface area contributed by atoms with Gasteiger partial charge in [-0.2, -0.15) is 0 Å². The van der Waals surface area contributed by atoms with Crippen LogP contribution in [-0.2, 0) is 6.42 Å². The van der Waals surface area contributed by atoms with Gasteiger partial charge in [0.15, 0.2) is 0 Å². The van der Waals surface area contributed by atoms with Gasteiger partial charge in [-0.3, -0.25) is 0 Å². The van der Waals surface area contributed by atoms with Gasteiger partial charge in [0.25, 0.3) is 0 Å². The van der Waals surface area contributed by atoms with Crippen molar-refractivity contribution in [2.75, 3.05) is 0 Å². The van der Waals surface area contributed by atoms with Crippen molar-refractivity contribution in [2.24, 2.45) is 0 Å². The number of benzene rings is 1. The Morgan fingerprint density at radius 3 is 2.78 bits per heavy atom. The first-order valence-corrected chi connectivity index (χ1v) is 6.84. The quantitative estimate of drug-likeness (QED) is 0.862. The number of hydrogen-bond acceptors (Lipinski definition) is 2. The second kappa shape index (κ2) is 6.30. The van der Waals surface area contributed by atoms with Gasteiger partial charge >= 0.3 is 0 Å². The number of halogens is 1. The molecule has 0 bridgehead atoms. The number of rotatable bonds is 4. The molecule has 0 heterocycles. The molecule has 2 rings (SSSR count). The third kappa shape index (κ3) is 3.53. The normalized spacial score (nSPS) is 25.9. The minimum Gasteiger partial charge on any atom is -0.392 e. The molecule has 2 nitrogen and oxygen atoms in total. The van der Waals surface area contributed by atoms with Gasteiger partial charge in [0, 0.05) is 12.1 Å². The van der Waals surface area contributed by atoms with Gasteiger partial charge in [0.2, 0.25) is 0 Å². The first-order chi connectivity index (χ1) is 8.66. The van der Waals surface area contributed by atoms with Crippen LogP contribution in [0.5, 0.6) is 0 Å². The Hall–Kier alpha value is -0.930. The third-order valence-corrected chi connectivity index (χ3v) is 3.71. The van der Waals surface area contributed by atoms with Gasteiger partial charge in [-0.05, 0) is 37.8 Å². The monoisotopic (exact) mass is 251 g/mol. The summed E-state index contributed by atoms with van der Waals surface area (Å²) in [4.78, 5) is 0. The van der Waals surface area contributed by atoms with E-state index < -0.39 is 0 Å². The molecule has 3 atom stereocenters. The van der Waals surface area contributed by atoms with Crippen molar-refractivity contribution in [1.29, 1.82) is 0 Å². The van der Waals surface area contributed by atoms with E-state index in [-0.39, 0.29) is 24.0 Å². The molecule has 0 spiro atoms. The highest BCUT2D eigenvalue weighted by molar-refractivity contribution is 5.18. The highest BCUT2D eigenvalue weighted by atomic mass is 19.1. The van der Waals surface area contributed by atoms with Gasteiger partial charge < -0.3 is 10.4 Å². The number of aliphatic hydroxyl groups excluding tert-OH is 1. The van der Waals surface area contributed by atoms with Crippen LogP contribution in [0.15, 0.2) is 24.3 Å². The Kier molecular flexibility index (Phi) is 4.72. The number of hydrogen-bond donors (Lipinski definition) is 2. The van der Waals surface area contributed by atoms with Crippen LogP contribution >= 0.6 is 0 Å². The molecule has 0 aromatic heterocycles. The van der Waals surface area contributed by atoms with E-state index in [1.54, 1.807) is 6.07 Å². The largest absolute Gasteiger partial charge is 0.392 e. The van der Waals surface area contributed by atoms with Gasteiger partial charge in [-0.1, -0.05) is 31.0 Å². The zero-order valence-electron chi connectivity index (χ0n) is 10.9. The topological polar surface area (TPSA) is 32.3 Å². The lowest BCUT2D eigenvalue weighted by Gasteiger charge is -2.31. The maximum atomic E-state index is 13.5. The van der Waals surface area contributed by atoms with Crippen LogP contribution in [-0.4, -0.2) is 23.3 Å². The van der Waals surface area contributed by atoms with Crippen molar-refractivity contribution in [1.82, 2.24) is 5.32 Å². The zero-order valence-corrected chi connectivity index (χ0v) is 10.9. The lowest BCUT2D eigenvalue weighted by Crippen LogP contribution is -2.46. The van der Waals surface area contributed by atoms with Crippen molar-refractivity contribution in [2.45, 2.75) is 57.2 Å². The lowest BCUT2D eigenvalue weighted by molar-refractivity contribution is 0.0859. The maximum absolute atomic E-state index is 13.5. The van der Waals surface area contributed by atoms with Crippen LogP contribution in [0.1, 0.15) is 38.2 Å². The van der Waals surface area contributed by atoms with Crippen molar-refractivity contribution in [3.8, 4) is 0 Å². The van der Waals surface area contributed by atoms with Crippen LogP contribution in [0.3, 0.4) is 0 Å². The van der Waals surface area contributed by atoms with E-state index in [9.17, 15) is 9.50 Å². The second-order valence-electron chi connectivity index (χ2n) is 5.32. The van der Waals surface area contributed by atoms with E-state index in [4.69, 9.17) is 0 Å². The summed E-state index contributed by atoms with van der Waals surface area (Å²) in [6.45, 7) is 2.05. The molecule has 1 aliphatic carbocycles. The minimum absolute atomic E-state index is 0.143. The third-order valence-electron chi connectivity index (χ3n) is 3.71. The molecule has 0 radical (unpaired) electrons. The predicted octanol–water partition coefficient (Wildman–Crippen LogP) is 2.65. The van der Waals surface area contributed by atoms with Crippen molar-refractivity contribution in [3.05, 3.63) is 35.6 Å². The Balaban J connectivity index is 1.88. The van der Waals surface area contributed by atoms with Gasteiger partial charge in [0.1, 0.15) is 5.82 Å². The highest BCUT2D eigenvalue weighted by Crippen LogP contribution is 2.19. The summed E-state index contributed by atoms with van der Waals surface area (Å²) in [6.07, 6.45) is 4.59. The molecule has 0 aliphatic heterocycles. The molecule has 1 aliphatic rings. The van der Waals surface area contributed by atoms with Crippen LogP contribution < -0.4 is 5.32 Å². The summed E-state index contributed by atoms with van der Waals surface area (Å²) in [5.74, 6) is -0.143. The standard InChI is InChI=1S/C15H22FNO/c1-11(10-12-6-2-3-7-13(12)16)17-14-8-4-5-9-15(14)18/h2-3,6-7,11,14-15,17-18H,4-5,8-10H2,1H3. The fraction of sp³-hybridized carbons (Fsp3) is 0.600. The molecule has 2 N–H and O–H groups in total. The van der Waals surface area contributed by atoms with Crippen LogP contribution in [0.2, 0.25) is 0 Å². The molecular formula is C15H22FNO. The Labute approximate surface area is 108 Å². The molecule has 100 valence electrons. The SMILES string of the molecule is CC(Cc1ccccc1F)NC1CCCCC1O. The number of nitrogens with one attached hydrogen (secondary N) is 1. The van der Waals surface area contributed by atoms with E-state index in [1.165, 1.54) is 12.5 Å². The molecular weight excluding hydrogens is 229 g/mol. The van der Waals surface area contributed by atoms with E-state index in [0.717, 1.165) is 24.8 Å². The summed E-state index contributed by atoms with van der Waals surface area (Å²) in [7, 11) is 0. The lowest BCUT2D eigenvalue weighted by atomic mass is 9.91. The number of aliphatic hydroxyl groups is 1. The molecule has 0 amide bonds. The summed E-state index contributed by atoms with van der Waals surface area (Å²) in [6, 6.07) is 7.24. The van der Waals surface area contributed by atoms with Gasteiger partial charge in [-0.15, -0.1) is 0 Å². The van der Waals surface area contributed by atoms with Gasteiger partial charge in [-0.25, -0.2) is 4.39 Å². The minimum atomic E-state index is -0.248. The molecule has 3 unspecified atom stereocenters. The second-order valence-corrected chi connectivity index (χ2v) is 5.32. The van der Waals surface area contributed by atoms with E-state index in [0.29, 0.717) is 6.42 Å². The van der Waals surface area contributed by atoms with Crippen molar-refractivity contribution >= 4 is 0 Å². The summed E-state index contributed by atoms with van der Waals surface area (Å²) in [5, 5.41) is 13.3. The Morgan fingerprint density at radius 2 is 2.06 bits per heavy atom. The Bertz CT molecular complexity index is 383. The van der Waals surface area contributed by atoms with E-state index in [1.807, 2.05) is 19.1 Å². The van der Waals surface area contributed by atoms with Crippen LogP contribution in [0, 0.1) is 5.82 Å². The summed E-state index contributed by atoms with van der Waals surface area (Å²) >= 11 is 0. The molecule has 1 aromatic rings. The predicted molar refractivity (Wildman–Crippen MR) is 71.0 cm³/mol. The summed E-state index contributed by atoms with van der Waals surface area (Å²) in [5.41, 5.74) is 0.739. The van der Waals surface area contributed by atoms with E-state index in [2.05, 4.69) is 5.32 Å². The molecule has 1 fully saturated rings. The molecule has 0 saturated heterocycles. The average molecular weight is 251 g/mol. The van der Waals surface area contributed by atoms with Crippen LogP contribution in [0.4, 0.5) is 4.39 Å². The Morgan fingerprint density at radius 1 is 1.33 bits per heavy atom. The average Bonchev–Trinajstić information content (AvgIpc) is 2.35. The van der Waals surface area contributed by atoms with Crippen molar-refractivity contribution in [3.63, 3.8) is 0 Å². The zero-order chi connectivity index (χ0) is 13.0. The fourth-order valence-corrected chi connectivity index (χ4v) is 2.72. The van der Waals surface area contributed by atoms with E-state index >= 15 is 0 Å². The van der Waals surface area contributed by atoms with Crippen molar-refractivity contribution < 1.29 is 9.50 Å². The van der Waals surface area contributed by atoms with Gasteiger partial charge in [0.05, 0.1) is 6.10 Å². The molecule has 3 heteroatoms. The first-order valence-electron chi connectivity index (χ1n) is 6.84. The summed E-state index contributed by atoms with van der Waals surface area (Å²) < 4.78 is 13.5.